The van der Waals surface area contributed by atoms with Crippen molar-refractivity contribution in [3.05, 3.63) is 58.7 Å². The second-order valence-electron chi connectivity index (χ2n) is 9.00. The lowest BCUT2D eigenvalue weighted by atomic mass is 9.92. The second kappa shape index (κ2) is 8.58. The van der Waals surface area contributed by atoms with Gasteiger partial charge < -0.3 is 25.4 Å². The molecular weight excluding hydrogens is 374 g/mol. The van der Waals surface area contributed by atoms with Crippen LogP contribution >= 0.6 is 0 Å². The number of ether oxygens (including phenoxy) is 2. The smallest absolute Gasteiger partial charge is 0.122 e. The molecule has 160 valence electrons. The van der Waals surface area contributed by atoms with Crippen LogP contribution in [0.2, 0.25) is 0 Å². The molecule has 1 saturated heterocycles. The molecule has 2 unspecified atom stereocenters. The van der Waals surface area contributed by atoms with Crippen molar-refractivity contribution >= 4 is 0 Å². The van der Waals surface area contributed by atoms with E-state index in [-0.39, 0.29) is 6.04 Å². The molecule has 5 nitrogen and oxygen atoms in total. The molecule has 0 saturated carbocycles. The Morgan fingerprint density at radius 3 is 2.13 bits per heavy atom. The van der Waals surface area contributed by atoms with Crippen LogP contribution in [0, 0.1) is 0 Å². The van der Waals surface area contributed by atoms with Crippen molar-refractivity contribution in [2.75, 3.05) is 33.4 Å². The molecule has 0 aliphatic carbocycles. The van der Waals surface area contributed by atoms with Crippen molar-refractivity contribution in [2.24, 2.45) is 5.73 Å². The summed E-state index contributed by atoms with van der Waals surface area (Å²) in [4.78, 5) is 2.39. The summed E-state index contributed by atoms with van der Waals surface area (Å²) in [7, 11) is 2.18. The molecule has 3 N–H and O–H groups in total. The van der Waals surface area contributed by atoms with Gasteiger partial charge in [0.05, 0.1) is 19.3 Å². The third kappa shape index (κ3) is 3.94. The number of rotatable bonds is 5. The number of hydrogen-bond donors (Lipinski definition) is 2. The molecule has 5 heteroatoms. The van der Waals surface area contributed by atoms with Gasteiger partial charge in [0.1, 0.15) is 11.5 Å². The average Bonchev–Trinajstić information content (AvgIpc) is 3.16. The fraction of sp³-hybridized carbons (Fsp3) is 0.520. The van der Waals surface area contributed by atoms with Gasteiger partial charge in [0.15, 0.2) is 0 Å². The van der Waals surface area contributed by atoms with E-state index in [0.717, 1.165) is 63.4 Å². The van der Waals surface area contributed by atoms with E-state index >= 15 is 0 Å². The van der Waals surface area contributed by atoms with Crippen LogP contribution in [0.4, 0.5) is 0 Å². The van der Waals surface area contributed by atoms with Gasteiger partial charge in [0.25, 0.3) is 0 Å². The maximum Gasteiger partial charge on any atom is 0.122 e. The minimum absolute atomic E-state index is 0.152. The highest BCUT2D eigenvalue weighted by Crippen LogP contribution is 2.34. The zero-order chi connectivity index (χ0) is 20.5. The summed E-state index contributed by atoms with van der Waals surface area (Å²) in [5.41, 5.74) is 11.3. The lowest BCUT2D eigenvalue weighted by molar-refractivity contribution is 0.287. The minimum Gasteiger partial charge on any atom is -0.493 e. The van der Waals surface area contributed by atoms with Gasteiger partial charge in [-0.2, -0.15) is 0 Å². The molecule has 0 spiro atoms. The van der Waals surface area contributed by atoms with Crippen molar-refractivity contribution in [1.82, 2.24) is 10.2 Å². The van der Waals surface area contributed by atoms with Gasteiger partial charge in [-0.05, 0) is 73.5 Å². The van der Waals surface area contributed by atoms with Crippen molar-refractivity contribution in [3.8, 4) is 11.5 Å². The number of fused-ring (bicyclic) bond motifs is 2. The SMILES string of the molecule is CN1CC(NC(c2ccc3c(c2)CCCO3)c2ccc3c(c2)CCCO3)CC1CN. The van der Waals surface area contributed by atoms with E-state index in [1.165, 1.54) is 22.3 Å². The van der Waals surface area contributed by atoms with Crippen molar-refractivity contribution in [2.45, 2.75) is 50.2 Å². The van der Waals surface area contributed by atoms with Gasteiger partial charge in [-0.15, -0.1) is 0 Å². The first-order valence-corrected chi connectivity index (χ1v) is 11.4. The molecule has 1 fully saturated rings. The molecule has 30 heavy (non-hydrogen) atoms. The van der Waals surface area contributed by atoms with Gasteiger partial charge in [0, 0.05) is 25.2 Å². The first-order valence-electron chi connectivity index (χ1n) is 11.4. The van der Waals surface area contributed by atoms with Gasteiger partial charge in [-0.25, -0.2) is 0 Å². The Morgan fingerprint density at radius 2 is 1.60 bits per heavy atom. The molecule has 2 atom stereocenters. The molecule has 3 heterocycles. The Balaban J connectivity index is 1.48. The van der Waals surface area contributed by atoms with Crippen LogP contribution in [0.15, 0.2) is 36.4 Å². The molecule has 0 bridgehead atoms. The molecule has 0 amide bonds. The monoisotopic (exact) mass is 407 g/mol. The summed E-state index contributed by atoms with van der Waals surface area (Å²) >= 11 is 0. The fourth-order valence-corrected chi connectivity index (χ4v) is 5.22. The number of nitrogens with two attached hydrogens (primary N) is 1. The van der Waals surface area contributed by atoms with Crippen LogP contribution in [0.5, 0.6) is 11.5 Å². The number of nitrogens with one attached hydrogen (secondary N) is 1. The van der Waals surface area contributed by atoms with E-state index in [1.807, 2.05) is 0 Å². The van der Waals surface area contributed by atoms with E-state index in [1.54, 1.807) is 0 Å². The summed E-state index contributed by atoms with van der Waals surface area (Å²) in [6.07, 6.45) is 5.46. The van der Waals surface area contributed by atoms with Crippen LogP contribution in [0.3, 0.4) is 0 Å². The van der Waals surface area contributed by atoms with Crippen LogP contribution in [0.25, 0.3) is 0 Å². The summed E-state index contributed by atoms with van der Waals surface area (Å²) in [6, 6.07) is 14.5. The zero-order valence-electron chi connectivity index (χ0n) is 17.9. The minimum atomic E-state index is 0.152. The van der Waals surface area contributed by atoms with Crippen LogP contribution in [-0.2, 0) is 12.8 Å². The first-order chi connectivity index (χ1) is 14.7. The van der Waals surface area contributed by atoms with E-state index < -0.39 is 0 Å². The standard InChI is InChI=1S/C25H33N3O2/c1-28-16-21(14-22(28)15-26)27-25(19-6-8-23-17(12-19)4-2-10-29-23)20-7-9-24-18(13-20)5-3-11-30-24/h6-9,12-13,21-22,25,27H,2-5,10-11,14-16,26H2,1H3. The zero-order valence-corrected chi connectivity index (χ0v) is 17.9. The highest BCUT2D eigenvalue weighted by atomic mass is 16.5. The Kier molecular flexibility index (Phi) is 5.68. The highest BCUT2D eigenvalue weighted by molar-refractivity contribution is 5.45. The van der Waals surface area contributed by atoms with Crippen molar-refractivity contribution < 1.29 is 9.47 Å². The summed E-state index contributed by atoms with van der Waals surface area (Å²) in [6.45, 7) is 3.40. The van der Waals surface area contributed by atoms with Crippen LogP contribution in [0.1, 0.15) is 47.6 Å². The van der Waals surface area contributed by atoms with Crippen LogP contribution < -0.4 is 20.5 Å². The molecule has 3 aliphatic rings. The molecular formula is C25H33N3O2. The van der Waals surface area contributed by atoms with Crippen molar-refractivity contribution in [3.63, 3.8) is 0 Å². The van der Waals surface area contributed by atoms with Gasteiger partial charge in [-0.3, -0.25) is 0 Å². The summed E-state index contributed by atoms with van der Waals surface area (Å²) in [5.74, 6) is 2.10. The lowest BCUT2D eigenvalue weighted by Crippen LogP contribution is -2.35. The average molecular weight is 408 g/mol. The topological polar surface area (TPSA) is 59.8 Å². The Hall–Kier alpha value is -2.08. The maximum atomic E-state index is 5.99. The Labute approximate surface area is 179 Å². The summed E-state index contributed by atoms with van der Waals surface area (Å²) < 4.78 is 11.7. The van der Waals surface area contributed by atoms with Gasteiger partial charge >= 0.3 is 0 Å². The van der Waals surface area contributed by atoms with Gasteiger partial charge in [-0.1, -0.05) is 24.3 Å². The number of likely N-dealkylation sites (tertiary alicyclic amines) is 1. The summed E-state index contributed by atoms with van der Waals surface area (Å²) in [5, 5.41) is 3.98. The number of aryl methyl sites for hydroxylation is 2. The predicted octanol–water partition coefficient (Wildman–Crippen LogP) is 3.05. The van der Waals surface area contributed by atoms with E-state index in [4.69, 9.17) is 15.2 Å². The third-order valence-electron chi connectivity index (χ3n) is 6.89. The molecule has 2 aromatic carbocycles. The molecule has 0 aromatic heterocycles. The lowest BCUT2D eigenvalue weighted by Gasteiger charge is -2.27. The number of hydrogen-bond acceptors (Lipinski definition) is 5. The van der Waals surface area contributed by atoms with E-state index in [0.29, 0.717) is 18.6 Å². The second-order valence-corrected chi connectivity index (χ2v) is 9.00. The Bertz CT molecular complexity index is 840. The molecule has 2 aromatic rings. The highest BCUT2D eigenvalue weighted by Gasteiger charge is 2.31. The molecule has 5 rings (SSSR count). The quantitative estimate of drug-likeness (QED) is 0.798. The molecule has 3 aliphatic heterocycles. The third-order valence-corrected chi connectivity index (χ3v) is 6.89. The fourth-order valence-electron chi connectivity index (χ4n) is 5.22. The predicted molar refractivity (Wildman–Crippen MR) is 119 cm³/mol. The number of likely N-dealkylation sites (N-methyl/N-ethyl adjacent to an activating group) is 1. The normalized spacial score (nSPS) is 23.6. The van der Waals surface area contributed by atoms with Crippen LogP contribution in [-0.4, -0.2) is 50.3 Å². The number of benzene rings is 2. The largest absolute Gasteiger partial charge is 0.493 e. The molecule has 0 radical (unpaired) electrons. The van der Waals surface area contributed by atoms with Crippen molar-refractivity contribution in [1.29, 1.82) is 0 Å². The Morgan fingerprint density at radius 1 is 1.00 bits per heavy atom. The first kappa shape index (κ1) is 19.9. The van der Waals surface area contributed by atoms with E-state index in [9.17, 15) is 0 Å². The van der Waals surface area contributed by atoms with Gasteiger partial charge in [0.2, 0.25) is 0 Å². The number of nitrogens with zero attached hydrogens (tertiary/aromatic N) is 1. The maximum absolute atomic E-state index is 5.99. The van der Waals surface area contributed by atoms with E-state index in [2.05, 4.69) is 53.7 Å².